The number of hydrogen-bond donors (Lipinski definition) is 0. The molecule has 0 aliphatic heterocycles. The lowest BCUT2D eigenvalue weighted by atomic mass is 10.0. The second-order valence-electron chi connectivity index (χ2n) is 6.76. The van der Waals surface area contributed by atoms with Crippen LogP contribution in [0.3, 0.4) is 0 Å². The van der Waals surface area contributed by atoms with E-state index in [4.69, 9.17) is 32.7 Å². The number of nitrogens with zero attached hydrogens (tertiary/aromatic N) is 2. The number of hydrogen-bond acceptors (Lipinski definition) is 5. The fourth-order valence-corrected chi connectivity index (χ4v) is 3.86. The Morgan fingerprint density at radius 1 is 1.15 bits per heavy atom. The van der Waals surface area contributed by atoms with Crippen molar-refractivity contribution in [3.8, 4) is 17.6 Å². The summed E-state index contributed by atoms with van der Waals surface area (Å²) in [6, 6.07) is 16.7. The van der Waals surface area contributed by atoms with Crippen LogP contribution in [0, 0.1) is 21.4 Å². The number of ether oxygens (including phenoxy) is 2. The van der Waals surface area contributed by atoms with Crippen molar-refractivity contribution < 1.29 is 14.4 Å². The number of halogens is 3. The molecule has 0 spiro atoms. The number of nitriles is 1. The standard InChI is InChI=1S/C24H17BrCl2N2O4/c1-2-32-23-10-17(8-18(13-28)15-4-3-5-20(9-15)29(30)31)21(25)12-24(23)33-14-16-6-7-19(26)11-22(16)27/h3-12H,2,14H2,1H3/b18-8-. The van der Waals surface area contributed by atoms with E-state index < -0.39 is 4.92 Å². The molecule has 0 bridgehead atoms. The Morgan fingerprint density at radius 2 is 1.91 bits per heavy atom. The minimum atomic E-state index is -0.499. The Hall–Kier alpha value is -3.05. The van der Waals surface area contributed by atoms with Gasteiger partial charge in [-0.15, -0.1) is 0 Å². The van der Waals surface area contributed by atoms with E-state index >= 15 is 0 Å². The average Bonchev–Trinajstić information content (AvgIpc) is 2.79. The molecule has 0 aliphatic carbocycles. The minimum absolute atomic E-state index is 0.0904. The SMILES string of the molecule is CCOc1cc(/C=C(/C#N)c2cccc([N+](=O)[O-])c2)c(Br)cc1OCc1ccc(Cl)cc1Cl. The molecule has 0 saturated heterocycles. The molecule has 168 valence electrons. The van der Waals surface area contributed by atoms with Gasteiger partial charge in [-0.25, -0.2) is 0 Å². The zero-order valence-corrected chi connectivity index (χ0v) is 20.4. The number of nitro groups is 1. The molecule has 6 nitrogen and oxygen atoms in total. The van der Waals surface area contributed by atoms with Gasteiger partial charge >= 0.3 is 0 Å². The molecule has 0 atom stereocenters. The summed E-state index contributed by atoms with van der Waals surface area (Å²) in [4.78, 5) is 10.6. The van der Waals surface area contributed by atoms with E-state index in [9.17, 15) is 15.4 Å². The topological polar surface area (TPSA) is 85.4 Å². The van der Waals surface area contributed by atoms with E-state index in [-0.39, 0.29) is 17.9 Å². The van der Waals surface area contributed by atoms with E-state index in [1.807, 2.05) is 6.92 Å². The largest absolute Gasteiger partial charge is 0.490 e. The third-order valence-corrected chi connectivity index (χ3v) is 5.82. The molecule has 33 heavy (non-hydrogen) atoms. The van der Waals surface area contributed by atoms with Crippen LogP contribution in [0.1, 0.15) is 23.6 Å². The molecule has 3 aromatic carbocycles. The van der Waals surface area contributed by atoms with Crippen molar-refractivity contribution in [2.45, 2.75) is 13.5 Å². The first-order valence-electron chi connectivity index (χ1n) is 9.72. The lowest BCUT2D eigenvalue weighted by Crippen LogP contribution is -2.01. The number of rotatable bonds is 8. The maximum atomic E-state index is 11.1. The maximum Gasteiger partial charge on any atom is 0.270 e. The van der Waals surface area contributed by atoms with E-state index in [0.717, 1.165) is 5.56 Å². The van der Waals surface area contributed by atoms with Crippen LogP contribution >= 0.6 is 39.1 Å². The van der Waals surface area contributed by atoms with Crippen LogP contribution < -0.4 is 9.47 Å². The zero-order valence-electron chi connectivity index (χ0n) is 17.3. The highest BCUT2D eigenvalue weighted by atomic mass is 79.9. The summed E-state index contributed by atoms with van der Waals surface area (Å²) < 4.78 is 12.3. The molecule has 0 aromatic heterocycles. The van der Waals surface area contributed by atoms with Gasteiger partial charge in [-0.1, -0.05) is 57.3 Å². The lowest BCUT2D eigenvalue weighted by molar-refractivity contribution is -0.384. The highest BCUT2D eigenvalue weighted by Gasteiger charge is 2.14. The van der Waals surface area contributed by atoms with Crippen molar-refractivity contribution in [2.24, 2.45) is 0 Å². The molecule has 0 amide bonds. The highest BCUT2D eigenvalue weighted by Crippen LogP contribution is 2.37. The van der Waals surface area contributed by atoms with Crippen molar-refractivity contribution in [1.82, 2.24) is 0 Å². The monoisotopic (exact) mass is 546 g/mol. The van der Waals surface area contributed by atoms with E-state index in [1.165, 1.54) is 18.2 Å². The van der Waals surface area contributed by atoms with Gasteiger partial charge in [-0.05, 0) is 48.4 Å². The Kier molecular flexibility index (Phi) is 8.34. The molecule has 0 saturated carbocycles. The fourth-order valence-electron chi connectivity index (χ4n) is 2.96. The lowest BCUT2D eigenvalue weighted by Gasteiger charge is -2.15. The molecule has 0 N–H and O–H groups in total. The normalized spacial score (nSPS) is 11.1. The van der Waals surface area contributed by atoms with Gasteiger partial charge < -0.3 is 9.47 Å². The van der Waals surface area contributed by atoms with Crippen molar-refractivity contribution in [3.05, 3.63) is 95.9 Å². The van der Waals surface area contributed by atoms with E-state index in [1.54, 1.807) is 42.5 Å². The Balaban J connectivity index is 1.95. The number of benzene rings is 3. The van der Waals surface area contributed by atoms with Crippen molar-refractivity contribution >= 4 is 56.5 Å². The van der Waals surface area contributed by atoms with Crippen LogP contribution in [-0.2, 0) is 6.61 Å². The predicted molar refractivity (Wildman–Crippen MR) is 133 cm³/mol. The Labute approximate surface area is 209 Å². The molecule has 0 heterocycles. The fraction of sp³-hybridized carbons (Fsp3) is 0.125. The van der Waals surface area contributed by atoms with E-state index in [0.29, 0.717) is 43.8 Å². The molecule has 3 aromatic rings. The minimum Gasteiger partial charge on any atom is -0.490 e. The second-order valence-corrected chi connectivity index (χ2v) is 8.45. The van der Waals surface area contributed by atoms with E-state index in [2.05, 4.69) is 22.0 Å². The quantitative estimate of drug-likeness (QED) is 0.125. The third-order valence-electron chi connectivity index (χ3n) is 4.55. The maximum absolute atomic E-state index is 11.1. The molecule has 0 unspecified atom stereocenters. The first-order chi connectivity index (χ1) is 15.8. The first kappa shape index (κ1) is 24.6. The van der Waals surface area contributed by atoms with Crippen LogP contribution in [0.2, 0.25) is 10.0 Å². The number of allylic oxidation sites excluding steroid dienone is 1. The first-order valence-corrected chi connectivity index (χ1v) is 11.3. The van der Waals surface area contributed by atoms with Crippen molar-refractivity contribution in [3.63, 3.8) is 0 Å². The van der Waals surface area contributed by atoms with Crippen molar-refractivity contribution in [2.75, 3.05) is 6.61 Å². The summed E-state index contributed by atoms with van der Waals surface area (Å²) in [6.07, 6.45) is 1.63. The Bertz CT molecular complexity index is 1270. The van der Waals surface area contributed by atoms with Gasteiger partial charge in [0, 0.05) is 32.2 Å². The predicted octanol–water partition coefficient (Wildman–Crippen LogP) is 7.71. The average molecular weight is 548 g/mol. The molecular formula is C24H17BrCl2N2O4. The van der Waals surface area contributed by atoms with Crippen LogP contribution in [0.4, 0.5) is 5.69 Å². The highest BCUT2D eigenvalue weighted by molar-refractivity contribution is 9.10. The second kappa shape index (κ2) is 11.2. The summed E-state index contributed by atoms with van der Waals surface area (Å²) in [5.74, 6) is 0.967. The molecule has 0 fully saturated rings. The van der Waals surface area contributed by atoms with Crippen molar-refractivity contribution in [1.29, 1.82) is 5.26 Å². The molecule has 0 aliphatic rings. The molecule has 9 heteroatoms. The summed E-state index contributed by atoms with van der Waals surface area (Å²) >= 11 is 15.7. The summed E-state index contributed by atoms with van der Waals surface area (Å²) in [5.41, 5.74) is 2.03. The van der Waals surface area contributed by atoms with Crippen LogP contribution in [0.25, 0.3) is 11.6 Å². The molecular weight excluding hydrogens is 531 g/mol. The van der Waals surface area contributed by atoms with Gasteiger partial charge in [0.15, 0.2) is 11.5 Å². The zero-order chi connectivity index (χ0) is 24.0. The van der Waals surface area contributed by atoms with Gasteiger partial charge in [-0.3, -0.25) is 10.1 Å². The van der Waals surface area contributed by atoms with Gasteiger partial charge in [0.1, 0.15) is 6.61 Å². The number of non-ortho nitro benzene ring substituents is 1. The molecule has 0 radical (unpaired) electrons. The van der Waals surface area contributed by atoms with Gasteiger partial charge in [0.25, 0.3) is 5.69 Å². The van der Waals surface area contributed by atoms with Crippen LogP contribution in [-0.4, -0.2) is 11.5 Å². The number of nitro benzene ring substituents is 1. The summed E-state index contributed by atoms with van der Waals surface area (Å²) in [7, 11) is 0. The summed E-state index contributed by atoms with van der Waals surface area (Å²) in [5, 5.41) is 21.8. The summed E-state index contributed by atoms with van der Waals surface area (Å²) in [6.45, 7) is 2.45. The van der Waals surface area contributed by atoms with Crippen LogP contribution in [0.5, 0.6) is 11.5 Å². The molecule has 3 rings (SSSR count). The van der Waals surface area contributed by atoms with Gasteiger partial charge in [-0.2, -0.15) is 5.26 Å². The third kappa shape index (κ3) is 6.26. The smallest absolute Gasteiger partial charge is 0.270 e. The van der Waals surface area contributed by atoms with Gasteiger partial charge in [0.2, 0.25) is 0 Å². The Morgan fingerprint density at radius 3 is 2.58 bits per heavy atom. The van der Waals surface area contributed by atoms with Gasteiger partial charge in [0.05, 0.1) is 23.2 Å². The van der Waals surface area contributed by atoms with Crippen LogP contribution in [0.15, 0.2) is 59.1 Å².